The Morgan fingerprint density at radius 3 is 2.83 bits per heavy atom. The van der Waals surface area contributed by atoms with Crippen molar-refractivity contribution in [3.63, 3.8) is 0 Å². The van der Waals surface area contributed by atoms with E-state index < -0.39 is 0 Å². The van der Waals surface area contributed by atoms with Crippen LogP contribution in [0, 0.1) is 5.82 Å². The Labute approximate surface area is 110 Å². The molecule has 0 amide bonds. The van der Waals surface area contributed by atoms with Crippen LogP contribution >= 0.6 is 11.8 Å². The highest BCUT2D eigenvalue weighted by molar-refractivity contribution is 7.98. The van der Waals surface area contributed by atoms with Crippen molar-refractivity contribution in [3.8, 4) is 0 Å². The summed E-state index contributed by atoms with van der Waals surface area (Å²) >= 11 is 1.45. The molecule has 0 aliphatic heterocycles. The van der Waals surface area contributed by atoms with Gasteiger partial charge >= 0.3 is 0 Å². The van der Waals surface area contributed by atoms with Crippen LogP contribution in [0.2, 0.25) is 0 Å². The summed E-state index contributed by atoms with van der Waals surface area (Å²) < 4.78 is 19.1. The molecule has 4 heteroatoms. The van der Waals surface area contributed by atoms with Crippen LogP contribution in [0.25, 0.3) is 0 Å². The molecule has 1 heterocycles. The summed E-state index contributed by atoms with van der Waals surface area (Å²) in [5, 5.41) is 0. The van der Waals surface area contributed by atoms with E-state index in [0.717, 1.165) is 11.3 Å². The van der Waals surface area contributed by atoms with Crippen molar-refractivity contribution >= 4 is 11.8 Å². The Hall–Kier alpha value is -1.26. The molecule has 2 N–H and O–H groups in total. The number of hydrogen-bond acceptors (Lipinski definition) is 3. The number of thioether (sulfide) groups is 1. The Morgan fingerprint density at radius 2 is 2.17 bits per heavy atom. The van der Waals surface area contributed by atoms with E-state index in [9.17, 15) is 4.39 Å². The van der Waals surface area contributed by atoms with Gasteiger partial charge in [0.15, 0.2) is 0 Å². The highest BCUT2D eigenvalue weighted by Crippen LogP contribution is 2.29. The molecule has 1 unspecified atom stereocenters. The van der Waals surface area contributed by atoms with Crippen LogP contribution in [0.4, 0.5) is 4.39 Å². The van der Waals surface area contributed by atoms with Gasteiger partial charge in [0.1, 0.15) is 11.6 Å². The van der Waals surface area contributed by atoms with Crippen LogP contribution in [-0.2, 0) is 12.2 Å². The SMILES string of the molecule is CC(N)Cc1cccc(F)c1SCc1ccco1. The molecule has 0 fully saturated rings. The maximum Gasteiger partial charge on any atom is 0.137 e. The fraction of sp³-hybridized carbons (Fsp3) is 0.286. The van der Waals surface area contributed by atoms with E-state index in [2.05, 4.69) is 0 Å². The van der Waals surface area contributed by atoms with Gasteiger partial charge in [0.2, 0.25) is 0 Å². The second kappa shape index (κ2) is 6.07. The predicted octanol–water partition coefficient (Wildman–Crippen LogP) is 3.60. The molecule has 0 aliphatic rings. The second-order valence-corrected chi connectivity index (χ2v) is 5.26. The van der Waals surface area contributed by atoms with Crippen LogP contribution in [0.3, 0.4) is 0 Å². The summed E-state index contributed by atoms with van der Waals surface area (Å²) in [6.07, 6.45) is 2.30. The number of furan rings is 1. The highest BCUT2D eigenvalue weighted by atomic mass is 32.2. The second-order valence-electron chi connectivity index (χ2n) is 4.28. The average Bonchev–Trinajstić information content (AvgIpc) is 2.80. The number of benzene rings is 1. The fourth-order valence-corrected chi connectivity index (χ4v) is 2.75. The third kappa shape index (κ3) is 3.37. The topological polar surface area (TPSA) is 39.2 Å². The Kier molecular flexibility index (Phi) is 4.44. The molecule has 1 aromatic carbocycles. The van der Waals surface area contributed by atoms with Crippen LogP contribution in [-0.4, -0.2) is 6.04 Å². The van der Waals surface area contributed by atoms with E-state index in [1.165, 1.54) is 17.8 Å². The molecule has 2 aromatic rings. The van der Waals surface area contributed by atoms with Gasteiger partial charge in [-0.3, -0.25) is 0 Å². The lowest BCUT2D eigenvalue weighted by molar-refractivity contribution is 0.530. The van der Waals surface area contributed by atoms with Gasteiger partial charge < -0.3 is 10.2 Å². The lowest BCUT2D eigenvalue weighted by Crippen LogP contribution is -2.18. The number of rotatable bonds is 5. The van der Waals surface area contributed by atoms with E-state index in [1.54, 1.807) is 12.3 Å². The van der Waals surface area contributed by atoms with Gasteiger partial charge in [0, 0.05) is 10.9 Å². The molecule has 0 radical (unpaired) electrons. The minimum atomic E-state index is -0.190. The average molecular weight is 265 g/mol. The predicted molar refractivity (Wildman–Crippen MR) is 72.0 cm³/mol. The molecule has 0 bridgehead atoms. The normalized spacial score (nSPS) is 12.6. The van der Waals surface area contributed by atoms with Crippen molar-refractivity contribution in [2.75, 3.05) is 0 Å². The first-order valence-corrected chi connectivity index (χ1v) is 6.83. The summed E-state index contributed by atoms with van der Waals surface area (Å²) in [5.41, 5.74) is 6.74. The first-order chi connectivity index (χ1) is 8.66. The zero-order valence-corrected chi connectivity index (χ0v) is 11.0. The molecule has 0 saturated carbocycles. The smallest absolute Gasteiger partial charge is 0.137 e. The molecule has 0 aliphatic carbocycles. The first kappa shape index (κ1) is 13.2. The summed E-state index contributed by atoms with van der Waals surface area (Å²) in [5.74, 6) is 1.28. The molecule has 1 atom stereocenters. The molecule has 96 valence electrons. The van der Waals surface area contributed by atoms with Gasteiger partial charge in [0.05, 0.1) is 12.0 Å². The Balaban J connectivity index is 2.14. The molecule has 2 rings (SSSR count). The third-order valence-corrected chi connectivity index (χ3v) is 3.70. The zero-order valence-electron chi connectivity index (χ0n) is 10.2. The summed E-state index contributed by atoms with van der Waals surface area (Å²) in [4.78, 5) is 0.672. The van der Waals surface area contributed by atoms with E-state index in [1.807, 2.05) is 25.1 Å². The van der Waals surface area contributed by atoms with E-state index >= 15 is 0 Å². The maximum atomic E-state index is 13.8. The summed E-state index contributed by atoms with van der Waals surface area (Å²) in [7, 11) is 0. The number of hydrogen-bond donors (Lipinski definition) is 1. The maximum absolute atomic E-state index is 13.8. The van der Waals surface area contributed by atoms with Gasteiger partial charge in [-0.2, -0.15) is 0 Å². The lowest BCUT2D eigenvalue weighted by atomic mass is 10.1. The van der Waals surface area contributed by atoms with Crippen LogP contribution in [0.1, 0.15) is 18.2 Å². The van der Waals surface area contributed by atoms with Gasteiger partial charge in [-0.05, 0) is 37.1 Å². The highest BCUT2D eigenvalue weighted by Gasteiger charge is 2.11. The molecule has 0 saturated heterocycles. The molecular formula is C14H16FNOS. The Morgan fingerprint density at radius 1 is 1.33 bits per heavy atom. The zero-order chi connectivity index (χ0) is 13.0. The minimum Gasteiger partial charge on any atom is -0.468 e. The van der Waals surface area contributed by atoms with E-state index in [-0.39, 0.29) is 11.9 Å². The van der Waals surface area contributed by atoms with Crippen LogP contribution in [0.15, 0.2) is 45.9 Å². The van der Waals surface area contributed by atoms with Gasteiger partial charge in [0.25, 0.3) is 0 Å². The molecule has 0 spiro atoms. The van der Waals surface area contributed by atoms with Crippen molar-refractivity contribution < 1.29 is 8.81 Å². The largest absolute Gasteiger partial charge is 0.468 e. The van der Waals surface area contributed by atoms with E-state index in [4.69, 9.17) is 10.2 Å². The number of halogens is 1. The van der Waals surface area contributed by atoms with Crippen LogP contribution in [0.5, 0.6) is 0 Å². The molecular weight excluding hydrogens is 249 g/mol. The van der Waals surface area contributed by atoms with Crippen molar-refractivity contribution in [2.24, 2.45) is 5.73 Å². The van der Waals surface area contributed by atoms with Gasteiger partial charge in [-0.15, -0.1) is 11.8 Å². The van der Waals surface area contributed by atoms with E-state index in [0.29, 0.717) is 17.1 Å². The minimum absolute atomic E-state index is 0.0229. The van der Waals surface area contributed by atoms with Crippen molar-refractivity contribution in [1.29, 1.82) is 0 Å². The molecule has 1 aromatic heterocycles. The standard InChI is InChI=1S/C14H16FNOS/c1-10(16)8-11-4-2-6-13(15)14(11)18-9-12-5-3-7-17-12/h2-7,10H,8-9,16H2,1H3. The monoisotopic (exact) mass is 265 g/mol. The number of nitrogens with two attached hydrogens (primary N) is 1. The third-order valence-electron chi connectivity index (χ3n) is 2.53. The van der Waals surface area contributed by atoms with Crippen molar-refractivity contribution in [1.82, 2.24) is 0 Å². The van der Waals surface area contributed by atoms with Gasteiger partial charge in [-0.25, -0.2) is 4.39 Å². The lowest BCUT2D eigenvalue weighted by Gasteiger charge is -2.11. The summed E-state index contributed by atoms with van der Waals surface area (Å²) in [6, 6.07) is 8.88. The molecule has 2 nitrogen and oxygen atoms in total. The Bertz CT molecular complexity index is 497. The first-order valence-electron chi connectivity index (χ1n) is 5.85. The van der Waals surface area contributed by atoms with Crippen molar-refractivity contribution in [2.45, 2.75) is 30.0 Å². The van der Waals surface area contributed by atoms with Gasteiger partial charge in [-0.1, -0.05) is 12.1 Å². The quantitative estimate of drug-likeness (QED) is 0.839. The summed E-state index contributed by atoms with van der Waals surface area (Å²) in [6.45, 7) is 1.92. The fourth-order valence-electron chi connectivity index (χ4n) is 1.76. The van der Waals surface area contributed by atoms with Crippen LogP contribution < -0.4 is 5.73 Å². The van der Waals surface area contributed by atoms with Crippen molar-refractivity contribution in [3.05, 3.63) is 53.7 Å². The molecule has 18 heavy (non-hydrogen) atoms.